The van der Waals surface area contributed by atoms with Crippen LogP contribution in [0.5, 0.6) is 11.5 Å². The zero-order valence-corrected chi connectivity index (χ0v) is 20.0. The fourth-order valence-corrected chi connectivity index (χ4v) is 3.95. The first kappa shape index (κ1) is 23.5. The molecule has 2 aromatic carbocycles. The highest BCUT2D eigenvalue weighted by Crippen LogP contribution is 2.33. The Labute approximate surface area is 213 Å². The van der Waals surface area contributed by atoms with E-state index in [1.165, 1.54) is 6.33 Å². The van der Waals surface area contributed by atoms with Gasteiger partial charge in [0.1, 0.15) is 23.6 Å². The first-order valence-corrected chi connectivity index (χ1v) is 11.8. The van der Waals surface area contributed by atoms with Gasteiger partial charge in [0.05, 0.1) is 35.8 Å². The van der Waals surface area contributed by atoms with Crippen LogP contribution < -0.4 is 15.4 Å². The van der Waals surface area contributed by atoms with Crippen molar-refractivity contribution in [1.29, 1.82) is 0 Å². The third kappa shape index (κ3) is 5.71. The number of hydrogen-bond acceptors (Lipinski definition) is 7. The minimum atomic E-state index is -0.0808. The number of benzene rings is 2. The number of amides is 1. The van der Waals surface area contributed by atoms with Crippen molar-refractivity contribution < 1.29 is 14.3 Å². The van der Waals surface area contributed by atoms with Crippen LogP contribution in [0, 0.1) is 17.8 Å². The minimum absolute atomic E-state index is 0.0179. The number of rotatable bonds is 6. The van der Waals surface area contributed by atoms with Gasteiger partial charge >= 0.3 is 0 Å². The topological polar surface area (TPSA) is 98.3 Å². The van der Waals surface area contributed by atoms with Gasteiger partial charge in [-0.3, -0.25) is 9.78 Å². The van der Waals surface area contributed by atoms with Crippen molar-refractivity contribution in [1.82, 2.24) is 20.3 Å². The summed E-state index contributed by atoms with van der Waals surface area (Å²) in [6.45, 7) is 1.38. The van der Waals surface area contributed by atoms with E-state index in [2.05, 4.69) is 37.4 Å². The third-order valence-electron chi connectivity index (χ3n) is 5.58. The van der Waals surface area contributed by atoms with Crippen molar-refractivity contribution in [3.63, 3.8) is 0 Å². The molecule has 1 unspecified atom stereocenters. The van der Waals surface area contributed by atoms with E-state index in [0.29, 0.717) is 35.6 Å². The lowest BCUT2D eigenvalue weighted by atomic mass is 10.1. The lowest BCUT2D eigenvalue weighted by Gasteiger charge is -2.11. The van der Waals surface area contributed by atoms with E-state index < -0.39 is 0 Å². The summed E-state index contributed by atoms with van der Waals surface area (Å²) < 4.78 is 11.0. The van der Waals surface area contributed by atoms with Crippen molar-refractivity contribution in [3.05, 3.63) is 77.8 Å². The Morgan fingerprint density at radius 1 is 1.19 bits per heavy atom. The summed E-state index contributed by atoms with van der Waals surface area (Å²) >= 11 is 6.45. The molecule has 180 valence electrons. The number of nitrogens with one attached hydrogen (secondary N) is 2. The second-order valence-electron chi connectivity index (χ2n) is 8.10. The maximum absolute atomic E-state index is 12.1. The standard InChI is InChI=1S/C27H22ClN5O3/c28-23-14-20(6-8-25(23)36-21-4-2-10-29-15-21)33-26-22-13-18(5-7-24(22)31-17-32-26)3-1-11-30-27(34)19-9-12-35-16-19/h2,4-8,10,13-15,17,19H,9,11-12,16H2,(H,30,34)(H,31,32,33). The van der Waals surface area contributed by atoms with Crippen molar-refractivity contribution in [3.8, 4) is 23.3 Å². The SMILES string of the molecule is O=C(NCC#Cc1ccc2ncnc(Nc3ccc(Oc4cccnc4)c(Cl)c3)c2c1)C1CCOC1. The maximum Gasteiger partial charge on any atom is 0.226 e. The largest absolute Gasteiger partial charge is 0.454 e. The third-order valence-corrected chi connectivity index (χ3v) is 5.87. The molecule has 3 heterocycles. The molecule has 0 aliphatic carbocycles. The number of halogens is 1. The van der Waals surface area contributed by atoms with E-state index in [1.807, 2.05) is 30.3 Å². The van der Waals surface area contributed by atoms with Gasteiger partial charge in [-0.05, 0) is 55.0 Å². The molecule has 0 spiro atoms. The Morgan fingerprint density at radius 3 is 2.94 bits per heavy atom. The molecule has 8 nitrogen and oxygen atoms in total. The molecule has 1 atom stereocenters. The highest BCUT2D eigenvalue weighted by molar-refractivity contribution is 6.32. The summed E-state index contributed by atoms with van der Waals surface area (Å²) in [6, 6.07) is 14.7. The number of nitrogens with zero attached hydrogens (tertiary/aromatic N) is 3. The Balaban J connectivity index is 1.29. The highest BCUT2D eigenvalue weighted by Gasteiger charge is 2.22. The molecule has 0 radical (unpaired) electrons. The summed E-state index contributed by atoms with van der Waals surface area (Å²) in [6.07, 6.45) is 5.55. The number of carbonyl (C=O) groups excluding carboxylic acids is 1. The molecule has 2 N–H and O–H groups in total. The summed E-state index contributed by atoms with van der Waals surface area (Å²) in [7, 11) is 0. The number of fused-ring (bicyclic) bond motifs is 1. The van der Waals surface area contributed by atoms with Crippen LogP contribution in [0.4, 0.5) is 11.5 Å². The average molecular weight is 500 g/mol. The predicted molar refractivity (Wildman–Crippen MR) is 137 cm³/mol. The van der Waals surface area contributed by atoms with Gasteiger partial charge in [0.25, 0.3) is 0 Å². The molecule has 1 saturated heterocycles. The molecule has 4 aromatic rings. The zero-order chi connectivity index (χ0) is 24.7. The van der Waals surface area contributed by atoms with Crippen LogP contribution in [0.3, 0.4) is 0 Å². The smallest absolute Gasteiger partial charge is 0.226 e. The van der Waals surface area contributed by atoms with Gasteiger partial charge < -0.3 is 20.1 Å². The monoisotopic (exact) mass is 499 g/mol. The van der Waals surface area contributed by atoms with Crippen LogP contribution >= 0.6 is 11.6 Å². The van der Waals surface area contributed by atoms with Crippen LogP contribution in [0.15, 0.2) is 67.3 Å². The number of aromatic nitrogens is 3. The Kier molecular flexibility index (Phi) is 7.22. The van der Waals surface area contributed by atoms with E-state index in [4.69, 9.17) is 21.1 Å². The first-order chi connectivity index (χ1) is 17.7. The van der Waals surface area contributed by atoms with Crippen LogP contribution in [-0.4, -0.2) is 40.6 Å². The molecule has 0 bridgehead atoms. The Bertz CT molecular complexity index is 1450. The van der Waals surface area contributed by atoms with Crippen LogP contribution in [-0.2, 0) is 9.53 Å². The molecule has 9 heteroatoms. The lowest BCUT2D eigenvalue weighted by molar-refractivity contribution is -0.124. The number of anilines is 2. The van der Waals surface area contributed by atoms with E-state index in [9.17, 15) is 4.79 Å². The van der Waals surface area contributed by atoms with Crippen molar-refractivity contribution in [2.24, 2.45) is 5.92 Å². The van der Waals surface area contributed by atoms with E-state index in [-0.39, 0.29) is 18.4 Å². The van der Waals surface area contributed by atoms with Gasteiger partial charge in [-0.25, -0.2) is 9.97 Å². The molecule has 1 aliphatic rings. The zero-order valence-electron chi connectivity index (χ0n) is 19.2. The quantitative estimate of drug-likeness (QED) is 0.370. The first-order valence-electron chi connectivity index (χ1n) is 11.4. The van der Waals surface area contributed by atoms with E-state index in [1.54, 1.807) is 30.6 Å². The van der Waals surface area contributed by atoms with E-state index in [0.717, 1.165) is 28.6 Å². The van der Waals surface area contributed by atoms with Gasteiger partial charge in [-0.2, -0.15) is 0 Å². The van der Waals surface area contributed by atoms with Crippen LogP contribution in [0.1, 0.15) is 12.0 Å². The Hall–Kier alpha value is -4.19. The second kappa shape index (κ2) is 11.0. The molecule has 1 aliphatic heterocycles. The average Bonchev–Trinajstić information content (AvgIpc) is 3.44. The second-order valence-corrected chi connectivity index (χ2v) is 8.50. The molecular formula is C27H22ClN5O3. The van der Waals surface area contributed by atoms with Crippen molar-refractivity contribution in [2.45, 2.75) is 6.42 Å². The van der Waals surface area contributed by atoms with Crippen LogP contribution in [0.25, 0.3) is 10.9 Å². The van der Waals surface area contributed by atoms with Gasteiger partial charge in [-0.1, -0.05) is 23.4 Å². The number of hydrogen-bond donors (Lipinski definition) is 2. The normalized spacial score (nSPS) is 14.6. The van der Waals surface area contributed by atoms with Gasteiger partial charge in [0, 0.05) is 29.4 Å². The summed E-state index contributed by atoms with van der Waals surface area (Å²) in [5.74, 6) is 7.74. The summed E-state index contributed by atoms with van der Waals surface area (Å²) in [4.78, 5) is 24.9. The molecule has 1 fully saturated rings. The number of pyridine rings is 1. The Morgan fingerprint density at radius 2 is 2.14 bits per heavy atom. The van der Waals surface area contributed by atoms with Crippen LogP contribution in [0.2, 0.25) is 5.02 Å². The van der Waals surface area contributed by atoms with Gasteiger partial charge in [0.2, 0.25) is 5.91 Å². The molecular weight excluding hydrogens is 478 g/mol. The molecule has 36 heavy (non-hydrogen) atoms. The molecule has 1 amide bonds. The fraction of sp³-hybridized carbons (Fsp3) is 0.185. The van der Waals surface area contributed by atoms with Gasteiger partial charge in [-0.15, -0.1) is 0 Å². The summed E-state index contributed by atoms with van der Waals surface area (Å²) in [5.41, 5.74) is 2.31. The predicted octanol–water partition coefficient (Wildman–Crippen LogP) is 4.72. The summed E-state index contributed by atoms with van der Waals surface area (Å²) in [5, 5.41) is 7.40. The lowest BCUT2D eigenvalue weighted by Crippen LogP contribution is -2.31. The van der Waals surface area contributed by atoms with Crippen molar-refractivity contribution in [2.75, 3.05) is 25.1 Å². The maximum atomic E-state index is 12.1. The minimum Gasteiger partial charge on any atom is -0.454 e. The number of ether oxygens (including phenoxy) is 2. The molecule has 2 aromatic heterocycles. The van der Waals surface area contributed by atoms with E-state index >= 15 is 0 Å². The van der Waals surface area contributed by atoms with Crippen molar-refractivity contribution >= 4 is 39.9 Å². The van der Waals surface area contributed by atoms with Gasteiger partial charge in [0.15, 0.2) is 0 Å². The highest BCUT2D eigenvalue weighted by atomic mass is 35.5. The fourth-order valence-electron chi connectivity index (χ4n) is 3.73. The number of carbonyl (C=O) groups is 1. The molecule has 5 rings (SSSR count). The molecule has 0 saturated carbocycles.